The zero-order chi connectivity index (χ0) is 12.8. The van der Waals surface area contributed by atoms with Crippen molar-refractivity contribution in [2.24, 2.45) is 0 Å². The summed E-state index contributed by atoms with van der Waals surface area (Å²) < 4.78 is 5.24. The van der Waals surface area contributed by atoms with Crippen LogP contribution in [0, 0.1) is 0 Å². The Bertz CT molecular complexity index is 212. The maximum atomic E-state index is 11.8. The van der Waals surface area contributed by atoms with E-state index in [0.717, 1.165) is 19.3 Å². The van der Waals surface area contributed by atoms with Crippen LogP contribution in [-0.4, -0.2) is 23.7 Å². The molecular weight excluding hydrogens is 202 g/mol. The van der Waals surface area contributed by atoms with Crippen molar-refractivity contribution in [3.63, 3.8) is 0 Å². The molecule has 3 nitrogen and oxygen atoms in total. The molecule has 0 heterocycles. The second-order valence-corrected chi connectivity index (χ2v) is 5.12. The lowest BCUT2D eigenvalue weighted by Gasteiger charge is -2.30. The van der Waals surface area contributed by atoms with Crippen LogP contribution in [0.5, 0.6) is 0 Å². The fourth-order valence-electron chi connectivity index (χ4n) is 1.66. The van der Waals surface area contributed by atoms with E-state index in [1.807, 2.05) is 27.7 Å². The second-order valence-electron chi connectivity index (χ2n) is 5.12. The minimum absolute atomic E-state index is 0.0557. The maximum Gasteiger partial charge on any atom is 0.326 e. The Morgan fingerprint density at radius 1 is 1.31 bits per heavy atom. The average Bonchev–Trinajstić information content (AvgIpc) is 2.15. The van der Waals surface area contributed by atoms with Gasteiger partial charge in [0.1, 0.15) is 5.54 Å². The summed E-state index contributed by atoms with van der Waals surface area (Å²) >= 11 is 0. The molecule has 96 valence electrons. The maximum absolute atomic E-state index is 11.8. The van der Waals surface area contributed by atoms with Crippen LogP contribution in [0.3, 0.4) is 0 Å². The zero-order valence-corrected chi connectivity index (χ0v) is 11.6. The predicted molar refractivity (Wildman–Crippen MR) is 67.4 cm³/mol. The number of hydrogen-bond acceptors (Lipinski definition) is 3. The Hall–Kier alpha value is -0.570. The third-order valence-corrected chi connectivity index (χ3v) is 2.55. The van der Waals surface area contributed by atoms with Gasteiger partial charge in [-0.25, -0.2) is 0 Å². The van der Waals surface area contributed by atoms with Crippen LogP contribution < -0.4 is 5.32 Å². The van der Waals surface area contributed by atoms with Crippen LogP contribution in [0.25, 0.3) is 0 Å². The van der Waals surface area contributed by atoms with Crippen molar-refractivity contribution in [3.8, 4) is 0 Å². The van der Waals surface area contributed by atoms with E-state index in [9.17, 15) is 4.79 Å². The van der Waals surface area contributed by atoms with Crippen molar-refractivity contribution in [1.29, 1.82) is 0 Å². The van der Waals surface area contributed by atoms with Crippen molar-refractivity contribution in [3.05, 3.63) is 0 Å². The van der Waals surface area contributed by atoms with E-state index in [1.165, 1.54) is 0 Å². The van der Waals surface area contributed by atoms with E-state index in [-0.39, 0.29) is 12.1 Å². The molecule has 0 saturated heterocycles. The third-order valence-electron chi connectivity index (χ3n) is 2.55. The van der Waals surface area contributed by atoms with Crippen LogP contribution in [0.15, 0.2) is 0 Å². The molecule has 0 fully saturated rings. The first-order valence-electron chi connectivity index (χ1n) is 6.32. The van der Waals surface area contributed by atoms with E-state index in [0.29, 0.717) is 6.04 Å². The lowest BCUT2D eigenvalue weighted by atomic mass is 10.0. The summed E-state index contributed by atoms with van der Waals surface area (Å²) in [6.07, 6.45) is 3.20. The van der Waals surface area contributed by atoms with E-state index < -0.39 is 5.54 Å². The molecule has 0 aromatic heterocycles. The van der Waals surface area contributed by atoms with E-state index >= 15 is 0 Å². The number of ether oxygens (including phenoxy) is 1. The molecule has 3 heteroatoms. The van der Waals surface area contributed by atoms with Crippen molar-refractivity contribution < 1.29 is 9.53 Å². The monoisotopic (exact) mass is 229 g/mol. The number of carbonyl (C=O) groups is 1. The molecule has 0 aromatic rings. The lowest BCUT2D eigenvalue weighted by molar-refractivity contribution is -0.154. The van der Waals surface area contributed by atoms with Crippen molar-refractivity contribution >= 4 is 5.97 Å². The summed E-state index contributed by atoms with van der Waals surface area (Å²) in [5.74, 6) is -0.169. The van der Waals surface area contributed by atoms with E-state index in [4.69, 9.17) is 4.74 Å². The minimum Gasteiger partial charge on any atom is -0.462 e. The molecule has 0 bridgehead atoms. The van der Waals surface area contributed by atoms with Crippen molar-refractivity contribution in [2.45, 2.75) is 78.5 Å². The normalized spacial score (nSPS) is 13.9. The van der Waals surface area contributed by atoms with E-state index in [2.05, 4.69) is 19.2 Å². The summed E-state index contributed by atoms with van der Waals surface area (Å²) in [7, 11) is 0. The molecule has 0 aliphatic rings. The Morgan fingerprint density at radius 2 is 1.88 bits per heavy atom. The molecule has 0 radical (unpaired) electrons. The molecule has 1 N–H and O–H groups in total. The molecule has 0 amide bonds. The quantitative estimate of drug-likeness (QED) is 0.682. The fraction of sp³-hybridized carbons (Fsp3) is 0.923. The number of carbonyl (C=O) groups excluding carboxylic acids is 1. The molecule has 0 aliphatic carbocycles. The molecule has 1 unspecified atom stereocenters. The van der Waals surface area contributed by atoms with Crippen LogP contribution in [0.4, 0.5) is 0 Å². The molecule has 16 heavy (non-hydrogen) atoms. The molecule has 0 saturated carbocycles. The Balaban J connectivity index is 4.35. The van der Waals surface area contributed by atoms with Crippen LogP contribution >= 0.6 is 0 Å². The van der Waals surface area contributed by atoms with E-state index in [1.54, 1.807) is 0 Å². The van der Waals surface area contributed by atoms with Crippen molar-refractivity contribution in [2.75, 3.05) is 0 Å². The SMILES string of the molecule is CCCC(CC)NC(C)(C)C(=O)OC(C)C. The zero-order valence-electron chi connectivity index (χ0n) is 11.6. The predicted octanol–water partition coefficient (Wildman–Crippen LogP) is 2.88. The van der Waals surface area contributed by atoms with Gasteiger partial charge >= 0.3 is 5.97 Å². The highest BCUT2D eigenvalue weighted by atomic mass is 16.5. The highest BCUT2D eigenvalue weighted by Gasteiger charge is 2.31. The van der Waals surface area contributed by atoms with Gasteiger partial charge in [0, 0.05) is 6.04 Å². The summed E-state index contributed by atoms with van der Waals surface area (Å²) in [5, 5.41) is 3.37. The third kappa shape index (κ3) is 5.50. The van der Waals surface area contributed by atoms with Gasteiger partial charge in [0.15, 0.2) is 0 Å². The first-order chi connectivity index (χ1) is 7.33. The standard InChI is InChI=1S/C13H27NO2/c1-7-9-11(8-2)14-13(5,6)12(15)16-10(3)4/h10-11,14H,7-9H2,1-6H3. The molecular formula is C13H27NO2. The Kier molecular flexibility index (Phi) is 6.65. The molecule has 1 atom stereocenters. The minimum atomic E-state index is -0.597. The van der Waals surface area contributed by atoms with Crippen LogP contribution in [-0.2, 0) is 9.53 Å². The topological polar surface area (TPSA) is 38.3 Å². The van der Waals surface area contributed by atoms with Gasteiger partial charge < -0.3 is 4.74 Å². The first kappa shape index (κ1) is 15.4. The molecule has 0 aromatic carbocycles. The summed E-state index contributed by atoms with van der Waals surface area (Å²) in [5.41, 5.74) is -0.597. The van der Waals surface area contributed by atoms with Gasteiger partial charge in [-0.1, -0.05) is 20.3 Å². The fourth-order valence-corrected chi connectivity index (χ4v) is 1.66. The number of hydrogen-bond donors (Lipinski definition) is 1. The largest absolute Gasteiger partial charge is 0.462 e. The summed E-state index contributed by atoms with van der Waals surface area (Å²) in [6.45, 7) is 11.8. The van der Waals surface area contributed by atoms with Crippen molar-refractivity contribution in [1.82, 2.24) is 5.32 Å². The van der Waals surface area contributed by atoms with Gasteiger partial charge in [-0.2, -0.15) is 0 Å². The lowest BCUT2D eigenvalue weighted by Crippen LogP contribution is -2.52. The first-order valence-corrected chi connectivity index (χ1v) is 6.32. The highest BCUT2D eigenvalue weighted by Crippen LogP contribution is 2.12. The van der Waals surface area contributed by atoms with Gasteiger partial charge in [0.25, 0.3) is 0 Å². The van der Waals surface area contributed by atoms with Crippen LogP contribution in [0.2, 0.25) is 0 Å². The smallest absolute Gasteiger partial charge is 0.326 e. The molecule has 0 aliphatic heterocycles. The van der Waals surface area contributed by atoms with Gasteiger partial charge in [0.2, 0.25) is 0 Å². The summed E-state index contributed by atoms with van der Waals surface area (Å²) in [6, 6.07) is 0.389. The summed E-state index contributed by atoms with van der Waals surface area (Å²) in [4.78, 5) is 11.8. The highest BCUT2D eigenvalue weighted by molar-refractivity contribution is 5.79. The average molecular weight is 229 g/mol. The Morgan fingerprint density at radius 3 is 2.25 bits per heavy atom. The number of rotatable bonds is 7. The van der Waals surface area contributed by atoms with Gasteiger partial charge in [-0.15, -0.1) is 0 Å². The van der Waals surface area contributed by atoms with Gasteiger partial charge in [0.05, 0.1) is 6.10 Å². The Labute approximate surface area is 99.9 Å². The molecule has 0 rings (SSSR count). The number of nitrogens with one attached hydrogen (secondary N) is 1. The second kappa shape index (κ2) is 6.89. The van der Waals surface area contributed by atoms with Crippen LogP contribution in [0.1, 0.15) is 60.8 Å². The van der Waals surface area contributed by atoms with Gasteiger partial charge in [-0.3, -0.25) is 10.1 Å². The number of esters is 1. The molecule has 0 spiro atoms. The van der Waals surface area contributed by atoms with Gasteiger partial charge in [-0.05, 0) is 40.5 Å².